The van der Waals surface area contributed by atoms with Gasteiger partial charge in [0.15, 0.2) is 0 Å². The summed E-state index contributed by atoms with van der Waals surface area (Å²) in [6, 6.07) is 16.6. The maximum atomic E-state index is 12.6. The van der Waals surface area contributed by atoms with Gasteiger partial charge in [0.2, 0.25) is 11.8 Å². The van der Waals surface area contributed by atoms with E-state index in [9.17, 15) is 9.59 Å². The third kappa shape index (κ3) is 7.09. The van der Waals surface area contributed by atoms with Crippen LogP contribution in [0.25, 0.3) is 0 Å². The van der Waals surface area contributed by atoms with Gasteiger partial charge in [-0.15, -0.1) is 0 Å². The van der Waals surface area contributed by atoms with E-state index < -0.39 is 0 Å². The highest BCUT2D eigenvalue weighted by molar-refractivity contribution is 6.31. The first kappa shape index (κ1) is 26.6. The number of nitrogens with zero attached hydrogens (tertiary/aromatic N) is 1. The first-order chi connectivity index (χ1) is 17.4. The molecule has 0 atom stereocenters. The van der Waals surface area contributed by atoms with Crippen molar-refractivity contribution in [2.45, 2.75) is 70.0 Å². The fourth-order valence-corrected chi connectivity index (χ4v) is 5.90. The average Bonchev–Trinajstić information content (AvgIpc) is 2.89. The van der Waals surface area contributed by atoms with E-state index in [1.54, 1.807) is 0 Å². The number of carbonyl (C=O) groups is 2. The monoisotopic (exact) mass is 511 g/mol. The van der Waals surface area contributed by atoms with Crippen molar-refractivity contribution in [3.05, 3.63) is 70.2 Å². The van der Waals surface area contributed by atoms with Crippen molar-refractivity contribution in [3.63, 3.8) is 0 Å². The molecule has 6 nitrogen and oxygen atoms in total. The summed E-state index contributed by atoms with van der Waals surface area (Å²) in [7, 11) is 0. The highest BCUT2D eigenvalue weighted by Crippen LogP contribution is 2.37. The van der Waals surface area contributed by atoms with Crippen molar-refractivity contribution in [1.82, 2.24) is 15.5 Å². The van der Waals surface area contributed by atoms with Crippen molar-refractivity contribution >= 4 is 23.4 Å². The van der Waals surface area contributed by atoms with E-state index in [1.807, 2.05) is 25.1 Å². The van der Waals surface area contributed by atoms with Gasteiger partial charge in [0, 0.05) is 49.1 Å². The molecule has 0 radical (unpaired) electrons. The molecular weight excluding hydrogens is 474 g/mol. The minimum Gasteiger partial charge on any atom is -0.379 e. The van der Waals surface area contributed by atoms with Gasteiger partial charge in [-0.1, -0.05) is 54.1 Å². The van der Waals surface area contributed by atoms with Gasteiger partial charge < -0.3 is 15.4 Å². The number of hydrogen-bond donors (Lipinski definition) is 2. The average molecular weight is 512 g/mol. The van der Waals surface area contributed by atoms with E-state index in [4.69, 9.17) is 16.3 Å². The van der Waals surface area contributed by atoms with Crippen LogP contribution in [0.5, 0.6) is 0 Å². The zero-order valence-corrected chi connectivity index (χ0v) is 22.0. The maximum Gasteiger partial charge on any atom is 0.220 e. The Morgan fingerprint density at radius 3 is 2.39 bits per heavy atom. The molecule has 1 saturated heterocycles. The topological polar surface area (TPSA) is 70.7 Å². The van der Waals surface area contributed by atoms with Gasteiger partial charge in [0.05, 0.1) is 13.2 Å². The van der Waals surface area contributed by atoms with Crippen LogP contribution in [0.3, 0.4) is 0 Å². The van der Waals surface area contributed by atoms with E-state index in [0.29, 0.717) is 11.6 Å². The van der Waals surface area contributed by atoms with Crippen molar-refractivity contribution in [3.8, 4) is 0 Å². The number of aryl methyl sites for hydroxylation is 1. The van der Waals surface area contributed by atoms with Crippen LogP contribution in [0.1, 0.15) is 55.2 Å². The molecule has 1 heterocycles. The Labute approximate surface area is 219 Å². The summed E-state index contributed by atoms with van der Waals surface area (Å²) >= 11 is 6.24. The van der Waals surface area contributed by atoms with Crippen molar-refractivity contribution < 1.29 is 14.3 Å². The number of benzene rings is 2. The van der Waals surface area contributed by atoms with Gasteiger partial charge in [0.1, 0.15) is 0 Å². The number of halogens is 1. The van der Waals surface area contributed by atoms with E-state index in [1.165, 1.54) is 5.56 Å². The lowest BCUT2D eigenvalue weighted by molar-refractivity contribution is -0.127. The maximum absolute atomic E-state index is 12.6. The Hall–Kier alpha value is -2.41. The molecule has 2 N–H and O–H groups in total. The zero-order valence-electron chi connectivity index (χ0n) is 21.2. The van der Waals surface area contributed by atoms with Crippen molar-refractivity contribution in [2.75, 3.05) is 26.3 Å². The normalized spacial score (nSPS) is 22.7. The Balaban J connectivity index is 1.24. The van der Waals surface area contributed by atoms with Crippen LogP contribution in [0, 0.1) is 6.92 Å². The van der Waals surface area contributed by atoms with Crippen LogP contribution in [0.4, 0.5) is 0 Å². The fourth-order valence-electron chi connectivity index (χ4n) is 5.61. The Morgan fingerprint density at radius 2 is 1.69 bits per heavy atom. The largest absolute Gasteiger partial charge is 0.379 e. The molecule has 1 aliphatic heterocycles. The molecular formula is C29H38ClN3O3. The molecule has 1 saturated carbocycles. The van der Waals surface area contributed by atoms with E-state index >= 15 is 0 Å². The summed E-state index contributed by atoms with van der Waals surface area (Å²) < 4.78 is 5.62. The van der Waals surface area contributed by atoms with E-state index in [0.717, 1.165) is 69.5 Å². The second kappa shape index (κ2) is 12.7. The molecule has 2 aromatic carbocycles. The number of morpholine rings is 1. The molecule has 0 bridgehead atoms. The number of ether oxygens (including phenoxy) is 1. The molecule has 7 heteroatoms. The van der Waals surface area contributed by atoms with Crippen LogP contribution >= 0.6 is 11.6 Å². The SMILES string of the molecule is Cc1cccc(Cl)c1CNC(=O)CCC(=O)NC1CCC(Cc2ccccc2)(N2CCOCC2)CC1. The summed E-state index contributed by atoms with van der Waals surface area (Å²) in [5.74, 6) is -0.187. The fraction of sp³-hybridized carbons (Fsp3) is 0.517. The molecule has 1 aliphatic carbocycles. The van der Waals surface area contributed by atoms with Gasteiger partial charge in [-0.2, -0.15) is 0 Å². The molecule has 36 heavy (non-hydrogen) atoms. The first-order valence-electron chi connectivity index (χ1n) is 13.1. The lowest BCUT2D eigenvalue weighted by Gasteiger charge is -2.50. The summed E-state index contributed by atoms with van der Waals surface area (Å²) in [6.45, 7) is 5.85. The van der Waals surface area contributed by atoms with Crippen LogP contribution in [-0.2, 0) is 27.3 Å². The first-order valence-corrected chi connectivity index (χ1v) is 13.5. The summed E-state index contributed by atoms with van der Waals surface area (Å²) in [5.41, 5.74) is 3.43. The second-order valence-corrected chi connectivity index (χ2v) is 10.5. The van der Waals surface area contributed by atoms with Crippen molar-refractivity contribution in [1.29, 1.82) is 0 Å². The second-order valence-electron chi connectivity index (χ2n) is 10.1. The quantitative estimate of drug-likeness (QED) is 0.523. The molecule has 194 valence electrons. The number of amides is 2. The van der Waals surface area contributed by atoms with E-state index in [-0.39, 0.29) is 36.2 Å². The summed E-state index contributed by atoms with van der Waals surface area (Å²) in [6.07, 6.45) is 5.40. The van der Waals surface area contributed by atoms with Crippen LogP contribution in [-0.4, -0.2) is 54.6 Å². The van der Waals surface area contributed by atoms with Crippen molar-refractivity contribution in [2.24, 2.45) is 0 Å². The van der Waals surface area contributed by atoms with Crippen LogP contribution in [0.15, 0.2) is 48.5 Å². The Kier molecular flexibility index (Phi) is 9.41. The minimum atomic E-state index is -0.137. The Morgan fingerprint density at radius 1 is 1.00 bits per heavy atom. The number of rotatable bonds is 9. The van der Waals surface area contributed by atoms with Gasteiger partial charge in [0.25, 0.3) is 0 Å². The summed E-state index contributed by atoms with van der Waals surface area (Å²) in [5, 5.41) is 6.72. The number of nitrogens with one attached hydrogen (secondary N) is 2. The van der Waals surface area contributed by atoms with Crippen LogP contribution in [0.2, 0.25) is 5.02 Å². The third-order valence-corrected chi connectivity index (χ3v) is 8.09. The lowest BCUT2D eigenvalue weighted by atomic mass is 9.74. The van der Waals surface area contributed by atoms with Gasteiger partial charge in [-0.3, -0.25) is 14.5 Å². The van der Waals surface area contributed by atoms with E-state index in [2.05, 4.69) is 45.9 Å². The molecule has 2 amide bonds. The van der Waals surface area contributed by atoms with Gasteiger partial charge >= 0.3 is 0 Å². The molecule has 2 fully saturated rings. The van der Waals surface area contributed by atoms with Gasteiger partial charge in [-0.05, 0) is 61.8 Å². The Bertz CT molecular complexity index is 995. The summed E-state index contributed by atoms with van der Waals surface area (Å²) in [4.78, 5) is 27.6. The number of hydrogen-bond acceptors (Lipinski definition) is 4. The molecule has 4 rings (SSSR count). The molecule has 0 unspecified atom stereocenters. The van der Waals surface area contributed by atoms with Crippen LogP contribution < -0.4 is 10.6 Å². The lowest BCUT2D eigenvalue weighted by Crippen LogP contribution is -2.58. The third-order valence-electron chi connectivity index (χ3n) is 7.73. The minimum absolute atomic E-state index is 0.0500. The smallest absolute Gasteiger partial charge is 0.220 e. The van der Waals surface area contributed by atoms with Gasteiger partial charge in [-0.25, -0.2) is 0 Å². The molecule has 0 aromatic heterocycles. The zero-order chi connectivity index (χ0) is 25.4. The standard InChI is InChI=1S/C29H38ClN3O3/c1-22-6-5-9-26(30)25(22)21-31-27(34)10-11-28(35)32-24-12-14-29(15-13-24,33-16-18-36-19-17-33)20-23-7-3-2-4-8-23/h2-9,24H,10-21H2,1H3,(H,31,34)(H,32,35). The molecule has 2 aliphatic rings. The highest BCUT2D eigenvalue weighted by atomic mass is 35.5. The molecule has 2 aromatic rings. The highest BCUT2D eigenvalue weighted by Gasteiger charge is 2.41. The predicted molar refractivity (Wildman–Crippen MR) is 143 cm³/mol. The predicted octanol–water partition coefficient (Wildman–Crippen LogP) is 4.42. The number of carbonyl (C=O) groups excluding carboxylic acids is 2. The molecule has 0 spiro atoms.